The maximum absolute atomic E-state index is 11.6. The highest BCUT2D eigenvalue weighted by Gasteiger charge is 2.27. The van der Waals surface area contributed by atoms with E-state index < -0.39 is 0 Å². The van der Waals surface area contributed by atoms with E-state index in [1.807, 2.05) is 11.9 Å². The number of aromatic nitrogens is 1. The standard InChI is InChI=1S/C9H12N4O/c1-5-12(2)6-4-7(10)11-9(14)8(6)13(5)3/h4H,1H2,2-3H3,(H3,10,11,14). The quantitative estimate of drug-likeness (QED) is 0.621. The molecule has 74 valence electrons. The van der Waals surface area contributed by atoms with Crippen molar-refractivity contribution < 1.29 is 0 Å². The molecule has 0 amide bonds. The van der Waals surface area contributed by atoms with Gasteiger partial charge in [0, 0.05) is 20.2 Å². The van der Waals surface area contributed by atoms with Crippen LogP contribution in [0.4, 0.5) is 17.2 Å². The maximum atomic E-state index is 11.6. The Kier molecular flexibility index (Phi) is 1.57. The molecule has 2 rings (SSSR count). The minimum atomic E-state index is -0.187. The van der Waals surface area contributed by atoms with Gasteiger partial charge in [-0.2, -0.15) is 0 Å². The topological polar surface area (TPSA) is 65.4 Å². The van der Waals surface area contributed by atoms with Gasteiger partial charge in [0.25, 0.3) is 5.56 Å². The molecule has 5 nitrogen and oxygen atoms in total. The molecule has 0 bridgehead atoms. The number of nitrogen functional groups attached to an aromatic ring is 1. The fourth-order valence-electron chi connectivity index (χ4n) is 1.63. The lowest BCUT2D eigenvalue weighted by atomic mass is 10.3. The van der Waals surface area contributed by atoms with Crippen LogP contribution < -0.4 is 21.1 Å². The molecule has 0 unspecified atom stereocenters. The number of hydrogen-bond acceptors (Lipinski definition) is 4. The van der Waals surface area contributed by atoms with E-state index in [0.717, 1.165) is 11.5 Å². The van der Waals surface area contributed by atoms with Gasteiger partial charge in [0.1, 0.15) is 17.3 Å². The molecule has 14 heavy (non-hydrogen) atoms. The average Bonchev–Trinajstić information content (AvgIpc) is 2.31. The van der Waals surface area contributed by atoms with Crippen molar-refractivity contribution in [3.63, 3.8) is 0 Å². The molecule has 1 aliphatic rings. The molecular weight excluding hydrogens is 180 g/mol. The molecule has 1 aromatic heterocycles. The zero-order valence-corrected chi connectivity index (χ0v) is 8.16. The third-order valence-corrected chi connectivity index (χ3v) is 2.48. The summed E-state index contributed by atoms with van der Waals surface area (Å²) in [7, 11) is 3.65. The Morgan fingerprint density at radius 3 is 2.71 bits per heavy atom. The number of hydrogen-bond donors (Lipinski definition) is 2. The molecule has 1 aliphatic heterocycles. The Balaban J connectivity index is 2.75. The highest BCUT2D eigenvalue weighted by atomic mass is 16.1. The fraction of sp³-hybridized carbons (Fsp3) is 0.222. The second-order valence-electron chi connectivity index (χ2n) is 3.32. The molecule has 0 radical (unpaired) electrons. The van der Waals surface area contributed by atoms with Crippen molar-refractivity contribution in [2.24, 2.45) is 0 Å². The molecule has 0 saturated heterocycles. The van der Waals surface area contributed by atoms with Crippen LogP contribution in [0.25, 0.3) is 0 Å². The van der Waals surface area contributed by atoms with Crippen molar-refractivity contribution in [3.8, 4) is 0 Å². The monoisotopic (exact) mass is 192 g/mol. The number of nitrogens with zero attached hydrogens (tertiary/aromatic N) is 2. The molecule has 0 fully saturated rings. The van der Waals surface area contributed by atoms with E-state index in [9.17, 15) is 4.79 Å². The first-order valence-corrected chi connectivity index (χ1v) is 4.21. The molecule has 0 aromatic carbocycles. The lowest BCUT2D eigenvalue weighted by molar-refractivity contribution is 1.05. The van der Waals surface area contributed by atoms with Crippen LogP contribution in [0.1, 0.15) is 0 Å². The van der Waals surface area contributed by atoms with Crippen molar-refractivity contribution in [2.45, 2.75) is 0 Å². The van der Waals surface area contributed by atoms with Gasteiger partial charge >= 0.3 is 0 Å². The highest BCUT2D eigenvalue weighted by Crippen LogP contribution is 2.36. The van der Waals surface area contributed by atoms with Crippen LogP contribution >= 0.6 is 0 Å². The molecule has 0 saturated carbocycles. The first kappa shape index (κ1) is 8.68. The largest absolute Gasteiger partial charge is 0.385 e. The molecular formula is C9H12N4O. The van der Waals surface area contributed by atoms with Gasteiger partial charge < -0.3 is 20.5 Å². The maximum Gasteiger partial charge on any atom is 0.275 e. The average molecular weight is 192 g/mol. The smallest absolute Gasteiger partial charge is 0.275 e. The number of pyridine rings is 1. The molecule has 2 heterocycles. The van der Waals surface area contributed by atoms with Crippen LogP contribution in [-0.2, 0) is 0 Å². The van der Waals surface area contributed by atoms with E-state index in [2.05, 4.69) is 11.6 Å². The summed E-state index contributed by atoms with van der Waals surface area (Å²) in [6.07, 6.45) is 0. The summed E-state index contributed by atoms with van der Waals surface area (Å²) in [5.74, 6) is 1.12. The van der Waals surface area contributed by atoms with E-state index >= 15 is 0 Å². The number of nitrogens with one attached hydrogen (secondary N) is 1. The number of nitrogens with two attached hydrogens (primary N) is 1. The zero-order valence-electron chi connectivity index (χ0n) is 8.16. The first-order chi connectivity index (χ1) is 6.52. The summed E-state index contributed by atoms with van der Waals surface area (Å²) < 4.78 is 0. The van der Waals surface area contributed by atoms with Crippen molar-refractivity contribution in [2.75, 3.05) is 29.6 Å². The Morgan fingerprint density at radius 2 is 2.07 bits per heavy atom. The van der Waals surface area contributed by atoms with Gasteiger partial charge in [0.2, 0.25) is 0 Å². The summed E-state index contributed by atoms with van der Waals surface area (Å²) >= 11 is 0. The lowest BCUT2D eigenvalue weighted by Crippen LogP contribution is -2.22. The number of anilines is 3. The van der Waals surface area contributed by atoms with E-state index in [4.69, 9.17) is 5.73 Å². The predicted molar refractivity (Wildman–Crippen MR) is 57.4 cm³/mol. The summed E-state index contributed by atoms with van der Waals surface area (Å²) in [6, 6.07) is 1.73. The van der Waals surface area contributed by atoms with E-state index in [1.54, 1.807) is 18.0 Å². The van der Waals surface area contributed by atoms with E-state index in [1.165, 1.54) is 0 Å². The van der Waals surface area contributed by atoms with Crippen molar-refractivity contribution >= 4 is 17.2 Å². The van der Waals surface area contributed by atoms with Gasteiger partial charge in [-0.25, -0.2) is 0 Å². The van der Waals surface area contributed by atoms with Crippen LogP contribution in [0.5, 0.6) is 0 Å². The van der Waals surface area contributed by atoms with Crippen LogP contribution in [-0.4, -0.2) is 19.1 Å². The summed E-state index contributed by atoms with van der Waals surface area (Å²) in [4.78, 5) is 17.7. The normalized spacial score (nSPS) is 14.9. The third kappa shape index (κ3) is 0.921. The van der Waals surface area contributed by atoms with E-state index in [0.29, 0.717) is 11.5 Å². The summed E-state index contributed by atoms with van der Waals surface area (Å²) in [6.45, 7) is 3.86. The predicted octanol–water partition coefficient (Wildman–Crippen LogP) is 0.314. The second-order valence-corrected chi connectivity index (χ2v) is 3.32. The minimum Gasteiger partial charge on any atom is -0.385 e. The van der Waals surface area contributed by atoms with E-state index in [-0.39, 0.29) is 5.56 Å². The van der Waals surface area contributed by atoms with Gasteiger partial charge in [-0.05, 0) is 0 Å². The van der Waals surface area contributed by atoms with Gasteiger partial charge in [-0.3, -0.25) is 4.79 Å². The second kappa shape index (κ2) is 2.54. The highest BCUT2D eigenvalue weighted by molar-refractivity contribution is 5.82. The summed E-state index contributed by atoms with van der Waals surface area (Å²) in [5, 5.41) is 0. The molecule has 1 aromatic rings. The Labute approximate surface area is 81.4 Å². The van der Waals surface area contributed by atoms with Crippen molar-refractivity contribution in [1.29, 1.82) is 0 Å². The van der Waals surface area contributed by atoms with Gasteiger partial charge in [0.05, 0.1) is 5.69 Å². The van der Waals surface area contributed by atoms with Crippen LogP contribution in [0.15, 0.2) is 23.3 Å². The molecule has 3 N–H and O–H groups in total. The molecule has 0 aliphatic carbocycles. The van der Waals surface area contributed by atoms with Crippen molar-refractivity contribution in [3.05, 3.63) is 28.8 Å². The van der Waals surface area contributed by atoms with Gasteiger partial charge in [-0.1, -0.05) is 6.58 Å². The molecule has 5 heteroatoms. The zero-order chi connectivity index (χ0) is 10.5. The number of fused-ring (bicyclic) bond motifs is 1. The number of H-pyrrole nitrogens is 1. The third-order valence-electron chi connectivity index (χ3n) is 2.48. The Hall–Kier alpha value is -1.91. The fourth-order valence-corrected chi connectivity index (χ4v) is 1.63. The number of aromatic amines is 1. The molecule has 0 atom stereocenters. The van der Waals surface area contributed by atoms with Gasteiger partial charge in [0.15, 0.2) is 0 Å². The van der Waals surface area contributed by atoms with Gasteiger partial charge in [-0.15, -0.1) is 0 Å². The van der Waals surface area contributed by atoms with Crippen LogP contribution in [0.2, 0.25) is 0 Å². The van der Waals surface area contributed by atoms with Crippen LogP contribution in [0.3, 0.4) is 0 Å². The SMILES string of the molecule is C=C1N(C)c2cc(N)[nH]c(=O)c2N1C. The summed E-state index contributed by atoms with van der Waals surface area (Å²) in [5.41, 5.74) is 6.75. The minimum absolute atomic E-state index is 0.187. The number of rotatable bonds is 0. The lowest BCUT2D eigenvalue weighted by Gasteiger charge is -2.15. The molecule has 0 spiro atoms. The Bertz CT molecular complexity index is 462. The Morgan fingerprint density at radius 1 is 1.43 bits per heavy atom. The van der Waals surface area contributed by atoms with Crippen molar-refractivity contribution in [1.82, 2.24) is 4.98 Å². The first-order valence-electron chi connectivity index (χ1n) is 4.21. The van der Waals surface area contributed by atoms with Crippen LogP contribution in [0, 0.1) is 0 Å².